The number of furan rings is 1. The van der Waals surface area contributed by atoms with Crippen LogP contribution in [0.15, 0.2) is 63.4 Å². The molecule has 0 radical (unpaired) electrons. The van der Waals surface area contributed by atoms with E-state index in [1.165, 1.54) is 5.56 Å². The van der Waals surface area contributed by atoms with Gasteiger partial charge < -0.3 is 9.73 Å². The van der Waals surface area contributed by atoms with Crippen molar-refractivity contribution in [2.24, 2.45) is 0 Å². The average molecular weight is 465 g/mol. The Labute approximate surface area is 195 Å². The van der Waals surface area contributed by atoms with Crippen LogP contribution in [0.2, 0.25) is 0 Å². The lowest BCUT2D eigenvalue weighted by Crippen LogP contribution is -2.37. The fourth-order valence-corrected chi connectivity index (χ4v) is 5.93. The zero-order valence-corrected chi connectivity index (χ0v) is 19.4. The summed E-state index contributed by atoms with van der Waals surface area (Å²) in [6.07, 6.45) is 0.937. The van der Waals surface area contributed by atoms with Crippen LogP contribution in [-0.2, 0) is 12.3 Å². The lowest BCUT2D eigenvalue weighted by molar-refractivity contribution is 0.0911. The number of nitrogens with one attached hydrogen (secondary N) is 1. The van der Waals surface area contributed by atoms with Gasteiger partial charge in [-0.15, -0.1) is 10.2 Å². The molecular formula is C24H24N4O2S2. The monoisotopic (exact) mass is 464 g/mol. The SMILES string of the molecule is Cc1nnc(SCc2c(C(=O)N[C@@H]3CCN(Cc4ccccc4)C3)oc3ccccc23)s1. The van der Waals surface area contributed by atoms with Crippen LogP contribution < -0.4 is 5.32 Å². The Bertz CT molecular complexity index is 1220. The Balaban J connectivity index is 1.29. The van der Waals surface area contributed by atoms with Crippen molar-refractivity contribution in [2.75, 3.05) is 13.1 Å². The number of rotatable bonds is 7. The molecule has 164 valence electrons. The van der Waals surface area contributed by atoms with E-state index < -0.39 is 0 Å². The molecule has 1 fully saturated rings. The van der Waals surface area contributed by atoms with E-state index in [-0.39, 0.29) is 11.9 Å². The number of hydrogen-bond acceptors (Lipinski definition) is 7. The molecule has 1 aliphatic heterocycles. The quantitative estimate of drug-likeness (QED) is 0.393. The molecule has 32 heavy (non-hydrogen) atoms. The zero-order chi connectivity index (χ0) is 21.9. The Morgan fingerprint density at radius 2 is 2.00 bits per heavy atom. The highest BCUT2D eigenvalue weighted by molar-refractivity contribution is 8.00. The first kappa shape index (κ1) is 21.2. The number of carbonyl (C=O) groups is 1. The number of likely N-dealkylation sites (tertiary alicyclic amines) is 1. The number of thioether (sulfide) groups is 1. The number of aromatic nitrogens is 2. The van der Waals surface area contributed by atoms with Crippen LogP contribution in [0.1, 0.15) is 33.1 Å². The summed E-state index contributed by atoms with van der Waals surface area (Å²) in [5.74, 6) is 0.873. The van der Waals surface area contributed by atoms with E-state index in [1.807, 2.05) is 37.3 Å². The molecule has 0 spiro atoms. The zero-order valence-electron chi connectivity index (χ0n) is 17.8. The normalized spacial score (nSPS) is 16.6. The largest absolute Gasteiger partial charge is 0.451 e. The van der Waals surface area contributed by atoms with Crippen molar-refractivity contribution in [1.29, 1.82) is 0 Å². The van der Waals surface area contributed by atoms with Gasteiger partial charge in [0.05, 0.1) is 0 Å². The first-order valence-electron chi connectivity index (χ1n) is 10.7. The van der Waals surface area contributed by atoms with Gasteiger partial charge in [0.1, 0.15) is 10.6 Å². The Hall–Kier alpha value is -2.68. The fraction of sp³-hybridized carbons (Fsp3) is 0.292. The van der Waals surface area contributed by atoms with Crippen molar-refractivity contribution < 1.29 is 9.21 Å². The van der Waals surface area contributed by atoms with Crippen molar-refractivity contribution in [3.8, 4) is 0 Å². The number of fused-ring (bicyclic) bond motifs is 1. The summed E-state index contributed by atoms with van der Waals surface area (Å²) < 4.78 is 6.91. The molecule has 6 nitrogen and oxygen atoms in total. The maximum Gasteiger partial charge on any atom is 0.287 e. The van der Waals surface area contributed by atoms with Crippen LogP contribution in [0.3, 0.4) is 0 Å². The highest BCUT2D eigenvalue weighted by Gasteiger charge is 2.27. The standard InChI is InChI=1S/C24H24N4O2S2/c1-16-26-27-24(32-16)31-15-20-19-9-5-6-10-21(19)30-22(20)23(29)25-18-11-12-28(14-18)13-17-7-3-2-4-8-17/h2-10,18H,11-15H2,1H3,(H,25,29)/t18-/m1/s1. The molecule has 4 aromatic rings. The predicted molar refractivity (Wildman–Crippen MR) is 128 cm³/mol. The van der Waals surface area contributed by atoms with Crippen molar-refractivity contribution in [3.05, 3.63) is 76.5 Å². The Morgan fingerprint density at radius 1 is 1.19 bits per heavy atom. The van der Waals surface area contributed by atoms with Gasteiger partial charge in [0.2, 0.25) is 0 Å². The van der Waals surface area contributed by atoms with Gasteiger partial charge in [0.25, 0.3) is 5.91 Å². The molecule has 1 aliphatic rings. The summed E-state index contributed by atoms with van der Waals surface area (Å²) in [6.45, 7) is 4.66. The number of hydrogen-bond donors (Lipinski definition) is 1. The summed E-state index contributed by atoms with van der Waals surface area (Å²) in [5.41, 5.74) is 2.94. The van der Waals surface area contributed by atoms with Crippen LogP contribution >= 0.6 is 23.1 Å². The molecule has 0 bridgehead atoms. The fourth-order valence-electron chi connectivity index (χ4n) is 4.08. The number of carbonyl (C=O) groups excluding carboxylic acids is 1. The Morgan fingerprint density at radius 3 is 2.81 bits per heavy atom. The second kappa shape index (κ2) is 9.44. The molecule has 2 aromatic heterocycles. The smallest absolute Gasteiger partial charge is 0.287 e. The minimum absolute atomic E-state index is 0.116. The highest BCUT2D eigenvalue weighted by Crippen LogP contribution is 2.33. The van der Waals surface area contributed by atoms with Crippen molar-refractivity contribution in [2.45, 2.75) is 36.0 Å². The summed E-state index contributed by atoms with van der Waals surface area (Å²) >= 11 is 3.15. The van der Waals surface area contributed by atoms with E-state index in [0.717, 1.165) is 51.9 Å². The van der Waals surface area contributed by atoms with Gasteiger partial charge in [-0.2, -0.15) is 0 Å². The second-order valence-corrected chi connectivity index (χ2v) is 10.4. The van der Waals surface area contributed by atoms with E-state index in [1.54, 1.807) is 23.1 Å². The molecule has 1 saturated heterocycles. The van der Waals surface area contributed by atoms with Crippen LogP contribution in [0.4, 0.5) is 0 Å². The second-order valence-electron chi connectivity index (χ2n) is 7.96. The minimum atomic E-state index is -0.142. The highest BCUT2D eigenvalue weighted by atomic mass is 32.2. The summed E-state index contributed by atoms with van der Waals surface area (Å²) in [6, 6.07) is 18.4. The van der Waals surface area contributed by atoms with Crippen LogP contribution in [-0.4, -0.2) is 40.1 Å². The molecule has 1 amide bonds. The van der Waals surface area contributed by atoms with Crippen LogP contribution in [0.5, 0.6) is 0 Å². The molecule has 0 saturated carbocycles. The van der Waals surface area contributed by atoms with E-state index >= 15 is 0 Å². The third kappa shape index (κ3) is 4.72. The first-order valence-corrected chi connectivity index (χ1v) is 12.5. The minimum Gasteiger partial charge on any atom is -0.451 e. The van der Waals surface area contributed by atoms with Gasteiger partial charge in [-0.05, 0) is 25.0 Å². The molecule has 3 heterocycles. The third-order valence-corrected chi connectivity index (χ3v) is 7.61. The number of amides is 1. The summed E-state index contributed by atoms with van der Waals surface area (Å²) in [4.78, 5) is 15.6. The van der Waals surface area contributed by atoms with Gasteiger partial charge >= 0.3 is 0 Å². The topological polar surface area (TPSA) is 71.3 Å². The molecule has 0 aliphatic carbocycles. The lowest BCUT2D eigenvalue weighted by atomic mass is 10.1. The van der Waals surface area contributed by atoms with Gasteiger partial charge in [-0.3, -0.25) is 9.69 Å². The molecule has 2 aromatic carbocycles. The maximum atomic E-state index is 13.2. The summed E-state index contributed by atoms with van der Waals surface area (Å²) in [5, 5.41) is 13.4. The number of benzene rings is 2. The van der Waals surface area contributed by atoms with Gasteiger partial charge in [0.15, 0.2) is 10.1 Å². The van der Waals surface area contributed by atoms with Crippen LogP contribution in [0.25, 0.3) is 11.0 Å². The lowest BCUT2D eigenvalue weighted by Gasteiger charge is -2.16. The predicted octanol–water partition coefficient (Wildman–Crippen LogP) is 4.89. The van der Waals surface area contributed by atoms with E-state index in [2.05, 4.69) is 44.7 Å². The molecular weight excluding hydrogens is 440 g/mol. The van der Waals surface area contributed by atoms with Crippen molar-refractivity contribution in [3.63, 3.8) is 0 Å². The molecule has 1 atom stereocenters. The summed E-state index contributed by atoms with van der Waals surface area (Å²) in [7, 11) is 0. The maximum absolute atomic E-state index is 13.2. The van der Waals surface area contributed by atoms with Gasteiger partial charge in [-0.25, -0.2) is 0 Å². The molecule has 0 unspecified atom stereocenters. The van der Waals surface area contributed by atoms with E-state index in [9.17, 15) is 4.79 Å². The van der Waals surface area contributed by atoms with E-state index in [0.29, 0.717) is 11.5 Å². The van der Waals surface area contributed by atoms with Crippen LogP contribution in [0, 0.1) is 6.92 Å². The average Bonchev–Trinajstić information content (AvgIpc) is 3.52. The van der Waals surface area contributed by atoms with Gasteiger partial charge in [0, 0.05) is 42.4 Å². The molecule has 5 rings (SSSR count). The molecule has 8 heteroatoms. The van der Waals surface area contributed by atoms with Gasteiger partial charge in [-0.1, -0.05) is 71.6 Å². The molecule has 1 N–H and O–H groups in total. The number of nitrogens with zero attached hydrogens (tertiary/aromatic N) is 3. The third-order valence-electron chi connectivity index (χ3n) is 5.61. The van der Waals surface area contributed by atoms with E-state index in [4.69, 9.17) is 4.42 Å². The number of para-hydroxylation sites is 1. The Kier molecular flexibility index (Phi) is 6.25. The van der Waals surface area contributed by atoms with Crippen molar-refractivity contribution in [1.82, 2.24) is 20.4 Å². The van der Waals surface area contributed by atoms with Crippen molar-refractivity contribution >= 4 is 40.0 Å². The first-order chi connectivity index (χ1) is 15.7. The number of aryl methyl sites for hydroxylation is 1.